The van der Waals surface area contributed by atoms with Gasteiger partial charge in [-0.25, -0.2) is 12.7 Å². The molecule has 27 heavy (non-hydrogen) atoms. The molecule has 0 unspecified atom stereocenters. The predicted octanol–water partition coefficient (Wildman–Crippen LogP) is 1.73. The fourth-order valence-electron chi connectivity index (χ4n) is 3.41. The summed E-state index contributed by atoms with van der Waals surface area (Å²) in [5.41, 5.74) is 1.37. The molecule has 1 aliphatic heterocycles. The zero-order chi connectivity index (χ0) is 19.0. The van der Waals surface area contributed by atoms with E-state index in [4.69, 9.17) is 4.52 Å². The van der Waals surface area contributed by atoms with Crippen LogP contribution in [0.5, 0.6) is 0 Å². The molecule has 3 heterocycles. The van der Waals surface area contributed by atoms with Gasteiger partial charge in [-0.05, 0) is 44.7 Å². The third-order valence-electron chi connectivity index (χ3n) is 5.09. The summed E-state index contributed by atoms with van der Waals surface area (Å²) in [5.74, 6) is 0.166. The molecular weight excluding hydrogens is 368 g/mol. The number of nitrogens with zero attached hydrogens (tertiary/aromatic N) is 3. The highest BCUT2D eigenvalue weighted by Crippen LogP contribution is 2.32. The Kier molecular flexibility index (Phi) is 4.73. The Morgan fingerprint density at radius 3 is 2.59 bits per heavy atom. The predicted molar refractivity (Wildman–Crippen MR) is 98.5 cm³/mol. The van der Waals surface area contributed by atoms with Crippen molar-refractivity contribution in [2.75, 3.05) is 13.1 Å². The van der Waals surface area contributed by atoms with Crippen molar-refractivity contribution in [2.24, 2.45) is 0 Å². The Balaban J connectivity index is 1.43. The second-order valence-corrected chi connectivity index (χ2v) is 9.28. The van der Waals surface area contributed by atoms with E-state index in [0.717, 1.165) is 12.8 Å². The first-order valence-electron chi connectivity index (χ1n) is 9.14. The molecule has 1 saturated heterocycles. The van der Waals surface area contributed by atoms with Gasteiger partial charge < -0.3 is 9.84 Å². The van der Waals surface area contributed by atoms with Crippen LogP contribution in [0.1, 0.15) is 41.8 Å². The summed E-state index contributed by atoms with van der Waals surface area (Å²) < 4.78 is 31.4. The van der Waals surface area contributed by atoms with Crippen molar-refractivity contribution in [2.45, 2.75) is 43.9 Å². The van der Waals surface area contributed by atoms with Crippen LogP contribution in [-0.4, -0.2) is 53.2 Å². The summed E-state index contributed by atoms with van der Waals surface area (Å²) in [6.07, 6.45) is 4.36. The normalized spacial score (nSPS) is 19.1. The topological polar surface area (TPSA) is 105 Å². The van der Waals surface area contributed by atoms with E-state index in [9.17, 15) is 13.2 Å². The lowest BCUT2D eigenvalue weighted by Crippen LogP contribution is -2.47. The SMILES string of the molecule is Cc1onc(-c2ccccn2)c1C(=O)NC1CCN(S(=O)(=O)C2CC2)CC1. The number of aryl methyl sites for hydroxylation is 1. The van der Waals surface area contributed by atoms with Crippen LogP contribution in [0.3, 0.4) is 0 Å². The summed E-state index contributed by atoms with van der Waals surface area (Å²) >= 11 is 0. The van der Waals surface area contributed by atoms with Gasteiger partial charge in [-0.1, -0.05) is 11.2 Å². The summed E-state index contributed by atoms with van der Waals surface area (Å²) in [4.78, 5) is 17.1. The van der Waals surface area contributed by atoms with Gasteiger partial charge in [0.05, 0.1) is 10.9 Å². The quantitative estimate of drug-likeness (QED) is 0.833. The molecule has 0 atom stereocenters. The first-order valence-corrected chi connectivity index (χ1v) is 10.6. The second kappa shape index (κ2) is 7.05. The van der Waals surface area contributed by atoms with Crippen LogP contribution < -0.4 is 5.32 Å². The zero-order valence-corrected chi connectivity index (χ0v) is 15.9. The smallest absolute Gasteiger partial charge is 0.257 e. The number of sulfonamides is 1. The van der Waals surface area contributed by atoms with Gasteiger partial charge in [-0.2, -0.15) is 0 Å². The van der Waals surface area contributed by atoms with Crippen molar-refractivity contribution in [3.05, 3.63) is 35.7 Å². The Morgan fingerprint density at radius 2 is 1.96 bits per heavy atom. The summed E-state index contributed by atoms with van der Waals surface area (Å²) in [5, 5.41) is 6.80. The van der Waals surface area contributed by atoms with Crippen LogP contribution in [0.4, 0.5) is 0 Å². The fourth-order valence-corrected chi connectivity index (χ4v) is 5.28. The lowest BCUT2D eigenvalue weighted by molar-refractivity contribution is 0.0923. The zero-order valence-electron chi connectivity index (χ0n) is 15.1. The van der Waals surface area contributed by atoms with Gasteiger partial charge in [0.15, 0.2) is 0 Å². The molecule has 1 amide bonds. The lowest BCUT2D eigenvalue weighted by atomic mass is 10.0. The molecular formula is C18H22N4O4S. The van der Waals surface area contributed by atoms with E-state index >= 15 is 0 Å². The van der Waals surface area contributed by atoms with E-state index < -0.39 is 10.0 Å². The minimum Gasteiger partial charge on any atom is -0.360 e. The number of hydrogen-bond acceptors (Lipinski definition) is 6. The Hall–Kier alpha value is -2.26. The number of amides is 1. The first kappa shape index (κ1) is 18.1. The Morgan fingerprint density at radius 1 is 1.22 bits per heavy atom. The van der Waals surface area contributed by atoms with Crippen LogP contribution in [0.15, 0.2) is 28.9 Å². The minimum atomic E-state index is -3.15. The van der Waals surface area contributed by atoms with Gasteiger partial charge >= 0.3 is 0 Å². The molecule has 1 N–H and O–H groups in total. The van der Waals surface area contributed by atoms with E-state index in [-0.39, 0.29) is 17.2 Å². The molecule has 9 heteroatoms. The van der Waals surface area contributed by atoms with Crippen molar-refractivity contribution in [1.82, 2.24) is 19.8 Å². The van der Waals surface area contributed by atoms with Crippen LogP contribution in [0, 0.1) is 6.92 Å². The number of pyridine rings is 1. The largest absolute Gasteiger partial charge is 0.360 e. The van der Waals surface area contributed by atoms with E-state index in [1.165, 1.54) is 0 Å². The van der Waals surface area contributed by atoms with Gasteiger partial charge in [-0.15, -0.1) is 0 Å². The average molecular weight is 390 g/mol. The van der Waals surface area contributed by atoms with Gasteiger partial charge in [0.2, 0.25) is 10.0 Å². The van der Waals surface area contributed by atoms with Gasteiger partial charge in [-0.3, -0.25) is 9.78 Å². The number of rotatable bonds is 5. The molecule has 0 bridgehead atoms. The maximum atomic E-state index is 12.8. The number of piperidine rings is 1. The Labute approximate surface area is 158 Å². The summed E-state index contributed by atoms with van der Waals surface area (Å²) in [6.45, 7) is 2.58. The highest BCUT2D eigenvalue weighted by Gasteiger charge is 2.41. The van der Waals surface area contributed by atoms with E-state index in [1.54, 1.807) is 29.6 Å². The highest BCUT2D eigenvalue weighted by atomic mass is 32.2. The third-order valence-corrected chi connectivity index (χ3v) is 7.49. The highest BCUT2D eigenvalue weighted by molar-refractivity contribution is 7.90. The van der Waals surface area contributed by atoms with E-state index in [2.05, 4.69) is 15.5 Å². The number of carbonyl (C=O) groups is 1. The minimum absolute atomic E-state index is 0.0750. The first-order chi connectivity index (χ1) is 13.0. The standard InChI is InChI=1S/C18H22N4O4S/c1-12-16(17(21-26-12)15-4-2-3-9-19-15)18(23)20-13-7-10-22(11-8-13)27(24,25)14-5-6-14/h2-4,9,13-14H,5-8,10-11H2,1H3,(H,20,23). The second-order valence-electron chi connectivity index (χ2n) is 7.07. The number of hydrogen-bond donors (Lipinski definition) is 1. The molecule has 2 aliphatic rings. The molecule has 0 radical (unpaired) electrons. The molecule has 0 aromatic carbocycles. The van der Waals surface area contributed by atoms with Crippen molar-refractivity contribution in [1.29, 1.82) is 0 Å². The van der Waals surface area contributed by atoms with Gasteiger partial charge in [0.25, 0.3) is 5.91 Å². The van der Waals surface area contributed by atoms with E-state index in [1.807, 2.05) is 6.07 Å². The summed E-state index contributed by atoms with van der Waals surface area (Å²) in [7, 11) is -3.15. The molecule has 1 aliphatic carbocycles. The van der Waals surface area contributed by atoms with Crippen LogP contribution in [-0.2, 0) is 10.0 Å². The van der Waals surface area contributed by atoms with Crippen molar-refractivity contribution < 1.29 is 17.7 Å². The number of carbonyl (C=O) groups excluding carboxylic acids is 1. The summed E-state index contributed by atoms with van der Waals surface area (Å²) in [6, 6.07) is 5.31. The van der Waals surface area contributed by atoms with Crippen LogP contribution in [0.2, 0.25) is 0 Å². The third kappa shape index (κ3) is 3.61. The van der Waals surface area contributed by atoms with Crippen molar-refractivity contribution in [3.8, 4) is 11.4 Å². The molecule has 8 nitrogen and oxygen atoms in total. The van der Waals surface area contributed by atoms with Crippen molar-refractivity contribution >= 4 is 15.9 Å². The van der Waals surface area contributed by atoms with E-state index in [0.29, 0.717) is 48.6 Å². The molecule has 4 rings (SSSR count). The molecule has 144 valence electrons. The molecule has 0 spiro atoms. The fraction of sp³-hybridized carbons (Fsp3) is 0.500. The number of aromatic nitrogens is 2. The van der Waals surface area contributed by atoms with Gasteiger partial charge in [0, 0.05) is 25.3 Å². The molecule has 2 aromatic rings. The maximum Gasteiger partial charge on any atom is 0.257 e. The monoisotopic (exact) mass is 390 g/mol. The molecule has 1 saturated carbocycles. The van der Waals surface area contributed by atoms with Crippen molar-refractivity contribution in [3.63, 3.8) is 0 Å². The Bertz CT molecular complexity index is 930. The van der Waals surface area contributed by atoms with Crippen LogP contribution in [0.25, 0.3) is 11.4 Å². The van der Waals surface area contributed by atoms with Crippen LogP contribution >= 0.6 is 0 Å². The maximum absolute atomic E-state index is 12.8. The lowest BCUT2D eigenvalue weighted by Gasteiger charge is -2.31. The molecule has 2 aromatic heterocycles. The number of nitrogens with one attached hydrogen (secondary N) is 1. The average Bonchev–Trinajstić information content (AvgIpc) is 3.46. The molecule has 2 fully saturated rings. The van der Waals surface area contributed by atoms with Gasteiger partial charge in [0.1, 0.15) is 17.0 Å².